The molecule has 0 saturated heterocycles. The zero-order valence-corrected chi connectivity index (χ0v) is 11.0. The first-order chi connectivity index (χ1) is 8.59. The summed E-state index contributed by atoms with van der Waals surface area (Å²) < 4.78 is 26.5. The van der Waals surface area contributed by atoms with Gasteiger partial charge in [-0.3, -0.25) is 4.98 Å². The number of hydrogen-bond acceptors (Lipinski definition) is 2. The van der Waals surface area contributed by atoms with Gasteiger partial charge in [0.25, 0.3) is 0 Å². The van der Waals surface area contributed by atoms with Crippen molar-refractivity contribution in [3.8, 4) is 0 Å². The SMILES string of the molecule is NC(Cc1cccnc1)c1ccc(F)c(F)c1Br. The van der Waals surface area contributed by atoms with Crippen molar-refractivity contribution in [3.05, 3.63) is 63.9 Å². The molecule has 2 rings (SSSR count). The van der Waals surface area contributed by atoms with Gasteiger partial charge in [0.05, 0.1) is 4.47 Å². The fraction of sp³-hybridized carbons (Fsp3) is 0.154. The fourth-order valence-corrected chi connectivity index (χ4v) is 2.33. The van der Waals surface area contributed by atoms with Gasteiger partial charge < -0.3 is 5.73 Å². The quantitative estimate of drug-likeness (QED) is 0.883. The highest BCUT2D eigenvalue weighted by Crippen LogP contribution is 2.28. The maximum absolute atomic E-state index is 13.4. The lowest BCUT2D eigenvalue weighted by Gasteiger charge is -2.14. The highest BCUT2D eigenvalue weighted by atomic mass is 79.9. The van der Waals surface area contributed by atoms with E-state index >= 15 is 0 Å². The Balaban J connectivity index is 2.24. The molecule has 2 aromatic rings. The van der Waals surface area contributed by atoms with Crippen LogP contribution in [0.25, 0.3) is 0 Å². The van der Waals surface area contributed by atoms with Gasteiger partial charge in [0.2, 0.25) is 0 Å². The number of benzene rings is 1. The molecular formula is C13H11BrF2N2. The predicted molar refractivity (Wildman–Crippen MR) is 68.9 cm³/mol. The Morgan fingerprint density at radius 3 is 2.72 bits per heavy atom. The van der Waals surface area contributed by atoms with Gasteiger partial charge in [0.15, 0.2) is 11.6 Å². The molecule has 94 valence electrons. The summed E-state index contributed by atoms with van der Waals surface area (Å²) in [7, 11) is 0. The summed E-state index contributed by atoms with van der Waals surface area (Å²) in [4.78, 5) is 3.98. The van der Waals surface area contributed by atoms with E-state index in [1.807, 2.05) is 12.1 Å². The molecular weight excluding hydrogens is 302 g/mol. The average molecular weight is 313 g/mol. The lowest BCUT2D eigenvalue weighted by molar-refractivity contribution is 0.500. The molecule has 0 amide bonds. The summed E-state index contributed by atoms with van der Waals surface area (Å²) >= 11 is 3.03. The summed E-state index contributed by atoms with van der Waals surface area (Å²) in [5.41, 5.74) is 7.49. The van der Waals surface area contributed by atoms with Gasteiger partial charge in [-0.25, -0.2) is 8.78 Å². The van der Waals surface area contributed by atoms with Crippen molar-refractivity contribution < 1.29 is 8.78 Å². The first-order valence-corrected chi connectivity index (χ1v) is 6.16. The van der Waals surface area contributed by atoms with Crippen LogP contribution in [-0.2, 0) is 6.42 Å². The van der Waals surface area contributed by atoms with Crippen molar-refractivity contribution in [1.82, 2.24) is 4.98 Å². The van der Waals surface area contributed by atoms with E-state index in [2.05, 4.69) is 20.9 Å². The van der Waals surface area contributed by atoms with E-state index < -0.39 is 17.7 Å². The van der Waals surface area contributed by atoms with Crippen LogP contribution in [0.5, 0.6) is 0 Å². The predicted octanol–water partition coefficient (Wildman–Crippen LogP) is 3.36. The molecule has 0 aliphatic carbocycles. The highest BCUT2D eigenvalue weighted by Gasteiger charge is 2.16. The van der Waals surface area contributed by atoms with Crippen molar-refractivity contribution in [2.24, 2.45) is 5.73 Å². The Morgan fingerprint density at radius 2 is 2.06 bits per heavy atom. The van der Waals surface area contributed by atoms with Crippen LogP contribution in [0.4, 0.5) is 8.78 Å². The number of aromatic nitrogens is 1. The van der Waals surface area contributed by atoms with Crippen molar-refractivity contribution in [2.75, 3.05) is 0 Å². The Bertz CT molecular complexity index is 546. The number of hydrogen-bond donors (Lipinski definition) is 1. The molecule has 1 unspecified atom stereocenters. The number of pyridine rings is 1. The van der Waals surface area contributed by atoms with E-state index in [4.69, 9.17) is 5.73 Å². The van der Waals surface area contributed by atoms with E-state index in [0.717, 1.165) is 11.6 Å². The topological polar surface area (TPSA) is 38.9 Å². The van der Waals surface area contributed by atoms with Gasteiger partial charge >= 0.3 is 0 Å². The molecule has 1 aromatic carbocycles. The summed E-state index contributed by atoms with van der Waals surface area (Å²) in [6.45, 7) is 0. The molecule has 2 N–H and O–H groups in total. The van der Waals surface area contributed by atoms with E-state index in [0.29, 0.717) is 12.0 Å². The third kappa shape index (κ3) is 2.73. The number of halogens is 3. The minimum absolute atomic E-state index is 0.0823. The first-order valence-electron chi connectivity index (χ1n) is 5.37. The van der Waals surface area contributed by atoms with Crippen molar-refractivity contribution >= 4 is 15.9 Å². The van der Waals surface area contributed by atoms with Crippen molar-refractivity contribution in [3.63, 3.8) is 0 Å². The largest absolute Gasteiger partial charge is 0.324 e. The zero-order chi connectivity index (χ0) is 13.1. The minimum atomic E-state index is -0.908. The van der Waals surface area contributed by atoms with Crippen LogP contribution >= 0.6 is 15.9 Å². The molecule has 1 heterocycles. The Hall–Kier alpha value is -1.33. The number of rotatable bonds is 3. The normalized spacial score (nSPS) is 12.4. The first kappa shape index (κ1) is 13.1. The van der Waals surface area contributed by atoms with Gasteiger partial charge in [-0.05, 0) is 45.6 Å². The Labute approximate surface area is 112 Å². The lowest BCUT2D eigenvalue weighted by atomic mass is 10.0. The summed E-state index contributed by atoms with van der Waals surface area (Å²) in [5, 5.41) is 0. The van der Waals surface area contributed by atoms with Gasteiger partial charge in [-0.2, -0.15) is 0 Å². The van der Waals surface area contributed by atoms with Crippen LogP contribution in [0.3, 0.4) is 0 Å². The summed E-state index contributed by atoms with van der Waals surface area (Å²) in [6.07, 6.45) is 3.88. The highest BCUT2D eigenvalue weighted by molar-refractivity contribution is 9.10. The van der Waals surface area contributed by atoms with Crippen molar-refractivity contribution in [2.45, 2.75) is 12.5 Å². The van der Waals surface area contributed by atoms with E-state index in [-0.39, 0.29) is 4.47 Å². The Kier molecular flexibility index (Phi) is 4.04. The molecule has 2 nitrogen and oxygen atoms in total. The standard InChI is InChI=1S/C13H11BrF2N2/c14-12-9(3-4-10(15)13(12)16)11(17)6-8-2-1-5-18-7-8/h1-5,7,11H,6,17H2. The van der Waals surface area contributed by atoms with Crippen LogP contribution in [-0.4, -0.2) is 4.98 Å². The minimum Gasteiger partial charge on any atom is -0.324 e. The van der Waals surface area contributed by atoms with E-state index in [9.17, 15) is 8.78 Å². The molecule has 18 heavy (non-hydrogen) atoms. The Morgan fingerprint density at radius 1 is 1.28 bits per heavy atom. The molecule has 0 aliphatic heterocycles. The summed E-state index contributed by atoms with van der Waals surface area (Å²) in [6, 6.07) is 5.85. The second-order valence-electron chi connectivity index (χ2n) is 3.94. The van der Waals surface area contributed by atoms with Crippen molar-refractivity contribution in [1.29, 1.82) is 0 Å². The molecule has 0 bridgehead atoms. The maximum Gasteiger partial charge on any atom is 0.173 e. The third-order valence-electron chi connectivity index (χ3n) is 2.64. The smallest absolute Gasteiger partial charge is 0.173 e. The summed E-state index contributed by atoms with van der Waals surface area (Å²) in [5.74, 6) is -1.80. The van der Waals surface area contributed by atoms with E-state index in [1.165, 1.54) is 6.07 Å². The van der Waals surface area contributed by atoms with Crippen LogP contribution in [0.15, 0.2) is 41.1 Å². The van der Waals surface area contributed by atoms with Gasteiger partial charge in [0, 0.05) is 18.4 Å². The van der Waals surface area contributed by atoms with Gasteiger partial charge in [-0.1, -0.05) is 12.1 Å². The van der Waals surface area contributed by atoms with Crippen LogP contribution in [0.1, 0.15) is 17.2 Å². The molecule has 1 aromatic heterocycles. The molecule has 0 aliphatic rings. The molecule has 0 radical (unpaired) electrons. The molecule has 0 spiro atoms. The average Bonchev–Trinajstić information content (AvgIpc) is 2.37. The number of nitrogens with zero attached hydrogens (tertiary/aromatic N) is 1. The molecule has 0 saturated carbocycles. The van der Waals surface area contributed by atoms with E-state index in [1.54, 1.807) is 12.4 Å². The number of nitrogens with two attached hydrogens (primary N) is 1. The van der Waals surface area contributed by atoms with Gasteiger partial charge in [0.1, 0.15) is 0 Å². The van der Waals surface area contributed by atoms with Crippen LogP contribution in [0.2, 0.25) is 0 Å². The molecule has 0 fully saturated rings. The zero-order valence-electron chi connectivity index (χ0n) is 9.41. The monoisotopic (exact) mass is 312 g/mol. The second-order valence-corrected chi connectivity index (χ2v) is 4.73. The third-order valence-corrected chi connectivity index (χ3v) is 3.45. The molecule has 1 atom stereocenters. The van der Waals surface area contributed by atoms with Crippen LogP contribution in [0, 0.1) is 11.6 Å². The lowest BCUT2D eigenvalue weighted by Crippen LogP contribution is -2.15. The van der Waals surface area contributed by atoms with Crippen LogP contribution < -0.4 is 5.73 Å². The molecule has 5 heteroatoms. The van der Waals surface area contributed by atoms with Gasteiger partial charge in [-0.15, -0.1) is 0 Å². The maximum atomic E-state index is 13.4. The fourth-order valence-electron chi connectivity index (χ4n) is 1.71. The second kappa shape index (κ2) is 5.54.